The third-order valence-corrected chi connectivity index (χ3v) is 2.66. The van der Waals surface area contributed by atoms with Crippen LogP contribution in [0.3, 0.4) is 0 Å². The van der Waals surface area contributed by atoms with Gasteiger partial charge in [-0.1, -0.05) is 26.8 Å². The quantitative estimate of drug-likeness (QED) is 0.822. The van der Waals surface area contributed by atoms with E-state index in [-0.39, 0.29) is 11.9 Å². The highest BCUT2D eigenvalue weighted by molar-refractivity contribution is 5.28. The monoisotopic (exact) mass is 239 g/mol. The molecule has 17 heavy (non-hydrogen) atoms. The van der Waals surface area contributed by atoms with Crippen molar-refractivity contribution in [2.24, 2.45) is 0 Å². The second kappa shape index (κ2) is 6.60. The second-order valence-electron chi connectivity index (χ2n) is 4.62. The fourth-order valence-electron chi connectivity index (χ4n) is 1.48. The van der Waals surface area contributed by atoms with Gasteiger partial charge in [-0.3, -0.25) is 0 Å². The molecule has 0 spiro atoms. The molecular formula is C14H22FNO. The molecule has 1 aromatic carbocycles. The molecule has 0 radical (unpaired) electrons. The van der Waals surface area contributed by atoms with Gasteiger partial charge in [-0.2, -0.15) is 0 Å². The number of hydrogen-bond acceptors (Lipinski definition) is 2. The Labute approximate surface area is 103 Å². The summed E-state index contributed by atoms with van der Waals surface area (Å²) in [6.07, 6.45) is 0.981. The number of hydrogen-bond donors (Lipinski definition) is 1. The predicted octanol–water partition coefficient (Wildman–Crippen LogP) is 3.29. The van der Waals surface area contributed by atoms with E-state index in [0.29, 0.717) is 17.4 Å². The summed E-state index contributed by atoms with van der Waals surface area (Å²) in [7, 11) is 0. The van der Waals surface area contributed by atoms with Gasteiger partial charge in [0, 0.05) is 18.7 Å². The molecule has 0 aliphatic carbocycles. The molecule has 1 atom stereocenters. The Hall–Kier alpha value is -1.09. The van der Waals surface area contributed by atoms with Gasteiger partial charge in [0.15, 0.2) is 0 Å². The minimum Gasteiger partial charge on any atom is -0.489 e. The van der Waals surface area contributed by atoms with E-state index in [1.54, 1.807) is 13.0 Å². The molecule has 1 N–H and O–H groups in total. The summed E-state index contributed by atoms with van der Waals surface area (Å²) < 4.78 is 19.1. The van der Waals surface area contributed by atoms with Gasteiger partial charge in [0.1, 0.15) is 17.7 Å². The SMILES string of the molecule is CCC(CNC(C)C)Oc1ccc(C)c(F)c1. The first-order valence-corrected chi connectivity index (χ1v) is 6.19. The van der Waals surface area contributed by atoms with Crippen LogP contribution in [0.1, 0.15) is 32.8 Å². The van der Waals surface area contributed by atoms with Crippen LogP contribution < -0.4 is 10.1 Å². The molecule has 1 aromatic rings. The van der Waals surface area contributed by atoms with Crippen molar-refractivity contribution in [3.05, 3.63) is 29.6 Å². The third kappa shape index (κ3) is 4.73. The Morgan fingerprint density at radius 1 is 1.35 bits per heavy atom. The first-order chi connectivity index (χ1) is 8.02. The zero-order valence-corrected chi connectivity index (χ0v) is 11.1. The fourth-order valence-corrected chi connectivity index (χ4v) is 1.48. The van der Waals surface area contributed by atoms with E-state index < -0.39 is 0 Å². The third-order valence-electron chi connectivity index (χ3n) is 2.66. The number of benzene rings is 1. The molecule has 1 unspecified atom stereocenters. The van der Waals surface area contributed by atoms with Gasteiger partial charge >= 0.3 is 0 Å². The Bertz CT molecular complexity index is 352. The van der Waals surface area contributed by atoms with Crippen molar-refractivity contribution in [2.45, 2.75) is 46.3 Å². The Kier molecular flexibility index (Phi) is 5.42. The standard InChI is InChI=1S/C14H22FNO/c1-5-12(9-16-10(2)3)17-13-7-6-11(4)14(15)8-13/h6-8,10,12,16H,5,9H2,1-4H3. The van der Waals surface area contributed by atoms with E-state index in [1.807, 2.05) is 6.07 Å². The average Bonchev–Trinajstić information content (AvgIpc) is 2.28. The number of rotatable bonds is 6. The topological polar surface area (TPSA) is 21.3 Å². The lowest BCUT2D eigenvalue weighted by Gasteiger charge is -2.19. The lowest BCUT2D eigenvalue weighted by molar-refractivity contribution is 0.189. The highest BCUT2D eigenvalue weighted by Gasteiger charge is 2.09. The van der Waals surface area contributed by atoms with Crippen molar-refractivity contribution in [2.75, 3.05) is 6.54 Å². The molecule has 1 rings (SSSR count). The van der Waals surface area contributed by atoms with Gasteiger partial charge in [0.25, 0.3) is 0 Å². The van der Waals surface area contributed by atoms with Crippen LogP contribution in [0.15, 0.2) is 18.2 Å². The van der Waals surface area contributed by atoms with Crippen molar-refractivity contribution in [3.8, 4) is 5.75 Å². The maximum absolute atomic E-state index is 13.4. The maximum Gasteiger partial charge on any atom is 0.129 e. The summed E-state index contributed by atoms with van der Waals surface area (Å²) in [4.78, 5) is 0. The van der Waals surface area contributed by atoms with Crippen LogP contribution in [-0.2, 0) is 0 Å². The zero-order chi connectivity index (χ0) is 12.8. The van der Waals surface area contributed by atoms with E-state index in [9.17, 15) is 4.39 Å². The van der Waals surface area contributed by atoms with Crippen LogP contribution in [0.2, 0.25) is 0 Å². The molecule has 2 nitrogen and oxygen atoms in total. The van der Waals surface area contributed by atoms with Crippen LogP contribution in [0.4, 0.5) is 4.39 Å². The van der Waals surface area contributed by atoms with Crippen molar-refractivity contribution in [3.63, 3.8) is 0 Å². The normalized spacial score (nSPS) is 12.8. The van der Waals surface area contributed by atoms with Gasteiger partial charge in [-0.05, 0) is 25.0 Å². The van der Waals surface area contributed by atoms with E-state index in [1.165, 1.54) is 6.07 Å². The smallest absolute Gasteiger partial charge is 0.129 e. The maximum atomic E-state index is 13.4. The summed E-state index contributed by atoms with van der Waals surface area (Å²) in [6, 6.07) is 5.44. The van der Waals surface area contributed by atoms with E-state index in [4.69, 9.17) is 4.74 Å². The molecule has 0 aliphatic rings. The molecule has 96 valence electrons. The summed E-state index contributed by atoms with van der Waals surface area (Å²) >= 11 is 0. The summed E-state index contributed by atoms with van der Waals surface area (Å²) in [5, 5.41) is 3.32. The molecular weight excluding hydrogens is 217 g/mol. The van der Waals surface area contributed by atoms with Crippen LogP contribution in [-0.4, -0.2) is 18.7 Å². The fraction of sp³-hybridized carbons (Fsp3) is 0.571. The average molecular weight is 239 g/mol. The Morgan fingerprint density at radius 2 is 2.06 bits per heavy atom. The van der Waals surface area contributed by atoms with Crippen LogP contribution in [0, 0.1) is 12.7 Å². The highest BCUT2D eigenvalue weighted by atomic mass is 19.1. The van der Waals surface area contributed by atoms with Crippen molar-refractivity contribution in [1.82, 2.24) is 5.32 Å². The lowest BCUT2D eigenvalue weighted by Crippen LogP contribution is -2.34. The zero-order valence-electron chi connectivity index (χ0n) is 11.1. The van der Waals surface area contributed by atoms with Gasteiger partial charge in [0.05, 0.1) is 0 Å². The van der Waals surface area contributed by atoms with E-state index in [0.717, 1.165) is 13.0 Å². The van der Waals surface area contributed by atoms with Gasteiger partial charge in [-0.25, -0.2) is 4.39 Å². The summed E-state index contributed by atoms with van der Waals surface area (Å²) in [6.45, 7) is 8.79. The molecule has 0 aromatic heterocycles. The highest BCUT2D eigenvalue weighted by Crippen LogP contribution is 2.17. The van der Waals surface area contributed by atoms with Gasteiger partial charge in [0.2, 0.25) is 0 Å². The predicted molar refractivity (Wildman–Crippen MR) is 69.0 cm³/mol. The van der Waals surface area contributed by atoms with Gasteiger partial charge in [-0.15, -0.1) is 0 Å². The molecule has 0 fully saturated rings. The minimum absolute atomic E-state index is 0.0829. The number of aryl methyl sites for hydroxylation is 1. The molecule has 3 heteroatoms. The summed E-state index contributed by atoms with van der Waals surface area (Å²) in [5.41, 5.74) is 0.644. The first-order valence-electron chi connectivity index (χ1n) is 6.19. The summed E-state index contributed by atoms with van der Waals surface area (Å²) in [5.74, 6) is 0.389. The number of nitrogens with one attached hydrogen (secondary N) is 1. The van der Waals surface area contributed by atoms with E-state index >= 15 is 0 Å². The van der Waals surface area contributed by atoms with Gasteiger partial charge < -0.3 is 10.1 Å². The van der Waals surface area contributed by atoms with Crippen molar-refractivity contribution >= 4 is 0 Å². The van der Waals surface area contributed by atoms with Crippen LogP contribution in [0.25, 0.3) is 0 Å². The largest absolute Gasteiger partial charge is 0.489 e. The van der Waals surface area contributed by atoms with Crippen LogP contribution >= 0.6 is 0 Å². The Morgan fingerprint density at radius 3 is 2.59 bits per heavy atom. The first kappa shape index (κ1) is 14.0. The molecule has 0 saturated carbocycles. The van der Waals surface area contributed by atoms with Crippen molar-refractivity contribution in [1.29, 1.82) is 0 Å². The molecule has 0 amide bonds. The number of halogens is 1. The second-order valence-corrected chi connectivity index (χ2v) is 4.62. The van der Waals surface area contributed by atoms with Crippen molar-refractivity contribution < 1.29 is 9.13 Å². The molecule has 0 heterocycles. The molecule has 0 bridgehead atoms. The number of ether oxygens (including phenoxy) is 1. The van der Waals surface area contributed by atoms with E-state index in [2.05, 4.69) is 26.1 Å². The molecule has 0 saturated heterocycles. The van der Waals surface area contributed by atoms with Crippen LogP contribution in [0.5, 0.6) is 5.75 Å². The lowest BCUT2D eigenvalue weighted by atomic mass is 10.2. The molecule has 0 aliphatic heterocycles. The minimum atomic E-state index is -0.214. The Balaban J connectivity index is 2.57.